The summed E-state index contributed by atoms with van der Waals surface area (Å²) in [6.45, 7) is 5.24. The van der Waals surface area contributed by atoms with E-state index in [4.69, 9.17) is 9.15 Å². The number of hydrogen-bond acceptors (Lipinski definition) is 6. The number of ether oxygens (including phenoxy) is 1. The van der Waals surface area contributed by atoms with Crippen molar-refractivity contribution in [3.05, 3.63) is 71.4 Å². The van der Waals surface area contributed by atoms with Crippen LogP contribution in [0.1, 0.15) is 43.3 Å². The second-order valence-electron chi connectivity index (χ2n) is 7.28. The van der Waals surface area contributed by atoms with Crippen molar-refractivity contribution in [3.63, 3.8) is 0 Å². The van der Waals surface area contributed by atoms with E-state index in [2.05, 4.69) is 15.5 Å². The number of nitrogens with one attached hydrogen (secondary N) is 1. The quantitative estimate of drug-likeness (QED) is 0.550. The molecule has 1 aromatic heterocycles. The predicted octanol–water partition coefficient (Wildman–Crippen LogP) is 3.93. The Morgan fingerprint density at radius 1 is 1.06 bits per heavy atom. The first-order valence-corrected chi connectivity index (χ1v) is 9.96. The zero-order valence-electron chi connectivity index (χ0n) is 17.6. The van der Waals surface area contributed by atoms with Gasteiger partial charge in [-0.25, -0.2) is 4.39 Å². The van der Waals surface area contributed by atoms with Gasteiger partial charge in [0.05, 0.1) is 12.5 Å². The molecule has 0 bridgehead atoms. The molecule has 31 heavy (non-hydrogen) atoms. The Kier molecular flexibility index (Phi) is 7.12. The molecule has 1 heterocycles. The Balaban J connectivity index is 1.46. The number of benzene rings is 2. The van der Waals surface area contributed by atoms with Crippen LogP contribution in [-0.4, -0.2) is 28.2 Å². The summed E-state index contributed by atoms with van der Waals surface area (Å²) in [5.41, 5.74) is 2.66. The fourth-order valence-corrected chi connectivity index (χ4v) is 2.85. The number of halogens is 1. The van der Waals surface area contributed by atoms with E-state index in [-0.39, 0.29) is 24.7 Å². The Labute approximate surface area is 179 Å². The molecule has 0 aliphatic rings. The third-order valence-corrected chi connectivity index (χ3v) is 4.71. The molecule has 0 spiro atoms. The maximum Gasteiger partial charge on any atom is 0.307 e. The summed E-state index contributed by atoms with van der Waals surface area (Å²) < 4.78 is 23.8. The van der Waals surface area contributed by atoms with E-state index in [9.17, 15) is 14.0 Å². The number of rotatable bonds is 8. The Bertz CT molecular complexity index is 1030. The Morgan fingerprint density at radius 2 is 1.74 bits per heavy atom. The number of nitrogens with zero attached hydrogens (tertiary/aromatic N) is 2. The van der Waals surface area contributed by atoms with Gasteiger partial charge in [-0.1, -0.05) is 29.8 Å². The molecule has 0 aliphatic carbocycles. The zero-order chi connectivity index (χ0) is 22.4. The molecule has 8 heteroatoms. The zero-order valence-corrected chi connectivity index (χ0v) is 17.6. The van der Waals surface area contributed by atoms with Crippen LogP contribution in [0.5, 0.6) is 0 Å². The number of esters is 1. The van der Waals surface area contributed by atoms with Gasteiger partial charge < -0.3 is 14.5 Å². The van der Waals surface area contributed by atoms with E-state index < -0.39 is 18.0 Å². The summed E-state index contributed by atoms with van der Waals surface area (Å²) in [6, 6.07) is 13.1. The van der Waals surface area contributed by atoms with Crippen LogP contribution in [0.4, 0.5) is 4.39 Å². The minimum atomic E-state index is -0.971. The summed E-state index contributed by atoms with van der Waals surface area (Å²) in [4.78, 5) is 24.4. The van der Waals surface area contributed by atoms with E-state index >= 15 is 0 Å². The molecular weight excluding hydrogens is 401 g/mol. The van der Waals surface area contributed by atoms with Gasteiger partial charge in [0.15, 0.2) is 6.10 Å². The molecule has 0 fully saturated rings. The lowest BCUT2D eigenvalue weighted by Crippen LogP contribution is -2.37. The molecule has 3 rings (SSSR count). The maximum absolute atomic E-state index is 13.0. The van der Waals surface area contributed by atoms with Crippen LogP contribution in [0.15, 0.2) is 52.9 Å². The van der Waals surface area contributed by atoms with Crippen LogP contribution in [-0.2, 0) is 20.7 Å². The summed E-state index contributed by atoms with van der Waals surface area (Å²) in [6.07, 6.45) is -0.764. The van der Waals surface area contributed by atoms with Crippen molar-refractivity contribution in [2.75, 3.05) is 0 Å². The monoisotopic (exact) mass is 425 g/mol. The smallest absolute Gasteiger partial charge is 0.307 e. The van der Waals surface area contributed by atoms with Gasteiger partial charge in [0.25, 0.3) is 5.91 Å². The van der Waals surface area contributed by atoms with Crippen molar-refractivity contribution < 1.29 is 23.1 Å². The molecule has 162 valence electrons. The average Bonchev–Trinajstić information content (AvgIpc) is 3.22. The van der Waals surface area contributed by atoms with Gasteiger partial charge in [-0.3, -0.25) is 9.59 Å². The minimum absolute atomic E-state index is 0.000662. The molecule has 0 aliphatic heterocycles. The summed E-state index contributed by atoms with van der Waals surface area (Å²) in [5, 5.41) is 10.7. The molecule has 3 aromatic rings. The maximum atomic E-state index is 13.0. The first-order chi connectivity index (χ1) is 14.8. The standard InChI is InChI=1S/C23H24FN3O4/c1-14-4-6-18(7-5-14)23-27-26-20(31-23)12-13-21(28)30-16(3)22(29)25-15(2)17-8-10-19(24)11-9-17/h4-11,15-16H,12-13H2,1-3H3,(H,25,29). The van der Waals surface area contributed by atoms with Crippen LogP contribution < -0.4 is 5.32 Å². The second kappa shape index (κ2) is 9.97. The van der Waals surface area contributed by atoms with E-state index in [0.29, 0.717) is 11.8 Å². The van der Waals surface area contributed by atoms with Crippen molar-refractivity contribution >= 4 is 11.9 Å². The van der Waals surface area contributed by atoms with Gasteiger partial charge in [-0.15, -0.1) is 10.2 Å². The van der Waals surface area contributed by atoms with Gasteiger partial charge in [0.2, 0.25) is 11.8 Å². The van der Waals surface area contributed by atoms with Gasteiger partial charge in [0, 0.05) is 12.0 Å². The lowest BCUT2D eigenvalue weighted by Gasteiger charge is -2.18. The molecule has 0 radical (unpaired) electrons. The summed E-state index contributed by atoms with van der Waals surface area (Å²) in [5.74, 6) is -0.644. The third-order valence-electron chi connectivity index (χ3n) is 4.71. The summed E-state index contributed by atoms with van der Waals surface area (Å²) >= 11 is 0. The first-order valence-electron chi connectivity index (χ1n) is 9.96. The highest BCUT2D eigenvalue weighted by molar-refractivity contribution is 5.83. The molecule has 0 saturated carbocycles. The second-order valence-corrected chi connectivity index (χ2v) is 7.28. The Morgan fingerprint density at radius 3 is 2.42 bits per heavy atom. The van der Waals surface area contributed by atoms with Crippen LogP contribution in [0.2, 0.25) is 0 Å². The molecule has 2 atom stereocenters. The van der Waals surface area contributed by atoms with Crippen LogP contribution in [0.3, 0.4) is 0 Å². The van der Waals surface area contributed by atoms with Gasteiger partial charge in [-0.05, 0) is 50.6 Å². The number of carbonyl (C=O) groups is 2. The number of aromatic nitrogens is 2. The topological polar surface area (TPSA) is 94.3 Å². The molecule has 0 saturated heterocycles. The molecule has 1 N–H and O–H groups in total. The number of aryl methyl sites for hydroxylation is 2. The SMILES string of the molecule is Cc1ccc(-c2nnc(CCC(=O)OC(C)C(=O)NC(C)c3ccc(F)cc3)o2)cc1. The highest BCUT2D eigenvalue weighted by Crippen LogP contribution is 2.19. The van der Waals surface area contributed by atoms with Crippen molar-refractivity contribution in [1.82, 2.24) is 15.5 Å². The minimum Gasteiger partial charge on any atom is -0.453 e. The fraction of sp³-hybridized carbons (Fsp3) is 0.304. The number of carbonyl (C=O) groups excluding carboxylic acids is 2. The van der Waals surface area contributed by atoms with Gasteiger partial charge in [0.1, 0.15) is 5.82 Å². The largest absolute Gasteiger partial charge is 0.453 e. The number of amides is 1. The van der Waals surface area contributed by atoms with E-state index in [0.717, 1.165) is 16.7 Å². The molecule has 2 unspecified atom stereocenters. The van der Waals surface area contributed by atoms with Crippen LogP contribution >= 0.6 is 0 Å². The van der Waals surface area contributed by atoms with Crippen molar-refractivity contribution in [2.45, 2.75) is 45.8 Å². The average molecular weight is 425 g/mol. The van der Waals surface area contributed by atoms with E-state index in [1.54, 1.807) is 19.1 Å². The molecular formula is C23H24FN3O4. The predicted molar refractivity (Wildman–Crippen MR) is 111 cm³/mol. The lowest BCUT2D eigenvalue weighted by atomic mass is 10.1. The normalized spacial score (nSPS) is 12.8. The van der Waals surface area contributed by atoms with Crippen molar-refractivity contribution in [3.8, 4) is 11.5 Å². The first kappa shape index (κ1) is 22.1. The van der Waals surface area contributed by atoms with E-state index in [1.807, 2.05) is 31.2 Å². The molecule has 2 aromatic carbocycles. The molecule has 1 amide bonds. The highest BCUT2D eigenvalue weighted by atomic mass is 19.1. The Hall–Kier alpha value is -3.55. The number of hydrogen-bond donors (Lipinski definition) is 1. The van der Waals surface area contributed by atoms with Crippen molar-refractivity contribution in [1.29, 1.82) is 0 Å². The fourth-order valence-electron chi connectivity index (χ4n) is 2.85. The van der Waals surface area contributed by atoms with Crippen LogP contribution in [0, 0.1) is 12.7 Å². The highest BCUT2D eigenvalue weighted by Gasteiger charge is 2.20. The third kappa shape index (κ3) is 6.21. The van der Waals surface area contributed by atoms with Crippen molar-refractivity contribution in [2.24, 2.45) is 0 Å². The van der Waals surface area contributed by atoms with Gasteiger partial charge in [-0.2, -0.15) is 0 Å². The van der Waals surface area contributed by atoms with Gasteiger partial charge >= 0.3 is 5.97 Å². The summed E-state index contributed by atoms with van der Waals surface area (Å²) in [7, 11) is 0. The van der Waals surface area contributed by atoms with Crippen LogP contribution in [0.25, 0.3) is 11.5 Å². The molecule has 7 nitrogen and oxygen atoms in total. The van der Waals surface area contributed by atoms with E-state index in [1.165, 1.54) is 19.1 Å². The lowest BCUT2D eigenvalue weighted by molar-refractivity contribution is -0.155.